The van der Waals surface area contributed by atoms with Crippen molar-refractivity contribution < 1.29 is 18.3 Å². The lowest BCUT2D eigenvalue weighted by Crippen LogP contribution is -2.24. The number of nitrogens with one attached hydrogen (secondary N) is 1. The largest absolute Gasteiger partial charge is 0.435 e. The monoisotopic (exact) mass is 481 g/mol. The van der Waals surface area contributed by atoms with Crippen molar-refractivity contribution in [1.82, 2.24) is 25.1 Å². The van der Waals surface area contributed by atoms with Gasteiger partial charge in [0.2, 0.25) is 5.91 Å². The molecule has 4 aromatic rings. The molecule has 10 heteroatoms. The maximum absolute atomic E-state index is 12.5. The summed E-state index contributed by atoms with van der Waals surface area (Å²) >= 11 is 1.28. The summed E-state index contributed by atoms with van der Waals surface area (Å²) < 4.78 is 30.8. The van der Waals surface area contributed by atoms with Gasteiger partial charge in [0, 0.05) is 24.5 Å². The van der Waals surface area contributed by atoms with Crippen molar-refractivity contribution in [2.45, 2.75) is 25.2 Å². The number of carbonyl (C=O) groups excluding carboxylic acids is 1. The van der Waals surface area contributed by atoms with E-state index in [1.54, 1.807) is 24.5 Å². The summed E-state index contributed by atoms with van der Waals surface area (Å²) in [5, 5.41) is 12.1. The quantitative estimate of drug-likeness (QED) is 0.351. The molecule has 0 aliphatic heterocycles. The summed E-state index contributed by atoms with van der Waals surface area (Å²) in [7, 11) is 0. The van der Waals surface area contributed by atoms with Crippen LogP contribution in [0.15, 0.2) is 78.2 Å². The van der Waals surface area contributed by atoms with Gasteiger partial charge in [-0.3, -0.25) is 14.3 Å². The van der Waals surface area contributed by atoms with Crippen LogP contribution >= 0.6 is 11.8 Å². The lowest BCUT2D eigenvalue weighted by molar-refractivity contribution is -0.118. The highest BCUT2D eigenvalue weighted by Crippen LogP contribution is 2.29. The summed E-state index contributed by atoms with van der Waals surface area (Å²) in [5.74, 6) is 0.669. The second-order valence-corrected chi connectivity index (χ2v) is 8.19. The van der Waals surface area contributed by atoms with Gasteiger partial charge < -0.3 is 10.1 Å². The van der Waals surface area contributed by atoms with Crippen LogP contribution < -0.4 is 10.1 Å². The average Bonchev–Trinajstić information content (AvgIpc) is 3.26. The molecule has 1 amide bonds. The van der Waals surface area contributed by atoms with Crippen molar-refractivity contribution in [2.75, 3.05) is 5.75 Å². The highest BCUT2D eigenvalue weighted by atomic mass is 32.2. The molecule has 2 aromatic heterocycles. The van der Waals surface area contributed by atoms with Gasteiger partial charge in [-0.15, -0.1) is 10.2 Å². The van der Waals surface area contributed by atoms with E-state index in [0.717, 1.165) is 22.4 Å². The van der Waals surface area contributed by atoms with E-state index in [2.05, 4.69) is 25.2 Å². The van der Waals surface area contributed by atoms with E-state index >= 15 is 0 Å². The van der Waals surface area contributed by atoms with Crippen molar-refractivity contribution in [3.8, 4) is 22.8 Å². The number of aryl methyl sites for hydroxylation is 1. The molecule has 0 aliphatic carbocycles. The first-order chi connectivity index (χ1) is 16.5. The Bertz CT molecular complexity index is 1250. The zero-order chi connectivity index (χ0) is 23.9. The molecular weight excluding hydrogens is 460 g/mol. The molecule has 4 rings (SSSR count). The van der Waals surface area contributed by atoms with Gasteiger partial charge >= 0.3 is 6.61 Å². The summed E-state index contributed by atoms with van der Waals surface area (Å²) in [6.07, 6.45) is 3.39. The zero-order valence-electron chi connectivity index (χ0n) is 18.2. The van der Waals surface area contributed by atoms with E-state index in [0.29, 0.717) is 11.0 Å². The van der Waals surface area contributed by atoms with Crippen molar-refractivity contribution in [3.63, 3.8) is 0 Å². The molecule has 0 radical (unpaired) electrons. The van der Waals surface area contributed by atoms with E-state index in [9.17, 15) is 13.6 Å². The first-order valence-electron chi connectivity index (χ1n) is 10.4. The molecule has 0 saturated carbocycles. The molecule has 0 bridgehead atoms. The minimum Gasteiger partial charge on any atom is -0.435 e. The van der Waals surface area contributed by atoms with Crippen molar-refractivity contribution in [3.05, 3.63) is 84.2 Å². The van der Waals surface area contributed by atoms with Crippen LogP contribution in [0.25, 0.3) is 17.1 Å². The molecule has 0 spiro atoms. The highest BCUT2D eigenvalue weighted by Gasteiger charge is 2.18. The molecule has 174 valence electrons. The summed E-state index contributed by atoms with van der Waals surface area (Å²) in [4.78, 5) is 16.5. The molecule has 34 heavy (non-hydrogen) atoms. The molecular formula is C24H21F2N5O2S. The van der Waals surface area contributed by atoms with Crippen LogP contribution in [-0.2, 0) is 11.3 Å². The van der Waals surface area contributed by atoms with Crippen LogP contribution in [0.3, 0.4) is 0 Å². The number of para-hydroxylation sites is 1. The lowest BCUT2D eigenvalue weighted by atomic mass is 10.2. The standard InChI is InChI=1S/C24H21F2N5O2S/c1-16-4-2-3-5-20(16)31-22(18-10-12-27-13-11-18)29-30-24(31)34-15-21(32)28-14-17-6-8-19(9-7-17)33-23(25)26/h2-13,23H,14-15H2,1H3,(H,28,32). The van der Waals surface area contributed by atoms with E-state index in [1.165, 1.54) is 23.9 Å². The first-order valence-corrected chi connectivity index (χ1v) is 11.3. The Kier molecular flexibility index (Phi) is 7.48. The van der Waals surface area contributed by atoms with Crippen molar-refractivity contribution in [2.24, 2.45) is 0 Å². The minimum absolute atomic E-state index is 0.0705. The molecule has 0 aliphatic rings. The fourth-order valence-electron chi connectivity index (χ4n) is 3.25. The minimum atomic E-state index is -2.87. The fourth-order valence-corrected chi connectivity index (χ4v) is 4.03. The number of alkyl halides is 2. The molecule has 0 atom stereocenters. The number of hydrogen-bond acceptors (Lipinski definition) is 6. The van der Waals surface area contributed by atoms with Gasteiger partial charge in [-0.2, -0.15) is 8.78 Å². The molecule has 2 heterocycles. The van der Waals surface area contributed by atoms with E-state index in [-0.39, 0.29) is 24.0 Å². The number of benzene rings is 2. The second kappa shape index (κ2) is 10.9. The lowest BCUT2D eigenvalue weighted by Gasteiger charge is -2.13. The van der Waals surface area contributed by atoms with E-state index in [1.807, 2.05) is 47.9 Å². The zero-order valence-corrected chi connectivity index (χ0v) is 19.0. The predicted octanol–water partition coefficient (Wildman–Crippen LogP) is 4.65. The Hall–Kier alpha value is -3.79. The SMILES string of the molecule is Cc1ccccc1-n1c(SCC(=O)NCc2ccc(OC(F)F)cc2)nnc1-c1ccncc1. The third-order valence-corrected chi connectivity index (χ3v) is 5.83. The Balaban J connectivity index is 1.45. The molecule has 1 N–H and O–H groups in total. The molecule has 7 nitrogen and oxygen atoms in total. The maximum Gasteiger partial charge on any atom is 0.387 e. The molecule has 2 aromatic carbocycles. The molecule has 0 fully saturated rings. The van der Waals surface area contributed by atoms with Crippen molar-refractivity contribution in [1.29, 1.82) is 0 Å². The molecule has 0 unspecified atom stereocenters. The number of rotatable bonds is 9. The number of nitrogens with zero attached hydrogens (tertiary/aromatic N) is 4. The highest BCUT2D eigenvalue weighted by molar-refractivity contribution is 7.99. The normalized spacial score (nSPS) is 10.9. The predicted molar refractivity (Wildman–Crippen MR) is 125 cm³/mol. The van der Waals surface area contributed by atoms with Gasteiger partial charge in [-0.25, -0.2) is 0 Å². The number of amides is 1. The van der Waals surface area contributed by atoms with Gasteiger partial charge in [0.05, 0.1) is 11.4 Å². The molecule has 0 saturated heterocycles. The Morgan fingerprint density at radius 3 is 2.50 bits per heavy atom. The third-order valence-electron chi connectivity index (χ3n) is 4.90. The van der Waals surface area contributed by atoms with Crippen molar-refractivity contribution >= 4 is 17.7 Å². The number of pyridine rings is 1. The van der Waals surface area contributed by atoms with Crippen LogP contribution in [0, 0.1) is 6.92 Å². The number of halogens is 2. The van der Waals surface area contributed by atoms with Gasteiger partial charge in [0.15, 0.2) is 11.0 Å². The summed E-state index contributed by atoms with van der Waals surface area (Å²) in [5.41, 5.74) is 3.60. The van der Waals surface area contributed by atoms with Crippen LogP contribution in [0.4, 0.5) is 8.78 Å². The third kappa shape index (κ3) is 5.76. The number of ether oxygens (including phenoxy) is 1. The Labute approximate surface area is 199 Å². The number of aromatic nitrogens is 4. The number of hydrogen-bond donors (Lipinski definition) is 1. The number of carbonyl (C=O) groups is 1. The van der Waals surface area contributed by atoms with Gasteiger partial charge in [-0.1, -0.05) is 42.1 Å². The van der Waals surface area contributed by atoms with Gasteiger partial charge in [0.25, 0.3) is 0 Å². The van der Waals surface area contributed by atoms with Crippen LogP contribution in [0.2, 0.25) is 0 Å². The van der Waals surface area contributed by atoms with E-state index < -0.39 is 6.61 Å². The van der Waals surface area contributed by atoms with Crippen LogP contribution in [0.1, 0.15) is 11.1 Å². The van der Waals surface area contributed by atoms with Gasteiger partial charge in [0.1, 0.15) is 5.75 Å². The number of thioether (sulfide) groups is 1. The fraction of sp³-hybridized carbons (Fsp3) is 0.167. The van der Waals surface area contributed by atoms with Crippen LogP contribution in [0.5, 0.6) is 5.75 Å². The Morgan fingerprint density at radius 2 is 1.79 bits per heavy atom. The summed E-state index contributed by atoms with van der Waals surface area (Å²) in [6.45, 7) is -0.602. The Morgan fingerprint density at radius 1 is 1.06 bits per heavy atom. The van der Waals surface area contributed by atoms with Gasteiger partial charge in [-0.05, 0) is 48.4 Å². The summed E-state index contributed by atoms with van der Waals surface area (Å²) in [6, 6.07) is 17.7. The average molecular weight is 482 g/mol. The van der Waals surface area contributed by atoms with Crippen LogP contribution in [-0.4, -0.2) is 38.0 Å². The second-order valence-electron chi connectivity index (χ2n) is 7.25. The first kappa shape index (κ1) is 23.4. The topological polar surface area (TPSA) is 81.9 Å². The van der Waals surface area contributed by atoms with E-state index in [4.69, 9.17) is 0 Å². The smallest absolute Gasteiger partial charge is 0.387 e. The maximum atomic E-state index is 12.5.